The van der Waals surface area contributed by atoms with E-state index in [-0.39, 0.29) is 23.1 Å². The predicted molar refractivity (Wildman–Crippen MR) is 77.9 cm³/mol. The van der Waals surface area contributed by atoms with Crippen LogP contribution in [0.5, 0.6) is 0 Å². The molecule has 0 atom stereocenters. The lowest BCUT2D eigenvalue weighted by atomic mass is 10.1. The van der Waals surface area contributed by atoms with Gasteiger partial charge in [0.2, 0.25) is 0 Å². The number of ether oxygens (including phenoxy) is 1. The van der Waals surface area contributed by atoms with E-state index in [1.54, 1.807) is 23.9 Å². The standard InChI is InChI=1S/C13H20N2O4S/c1-19-7-6-15-10-12(2-3-13(15)16)14-11-4-8-20(17,18)9-5-11/h2-3,10-11,14H,4-9H2,1H3. The highest BCUT2D eigenvalue weighted by Gasteiger charge is 2.23. The fourth-order valence-corrected chi connectivity index (χ4v) is 3.74. The maximum atomic E-state index is 11.7. The largest absolute Gasteiger partial charge is 0.383 e. The monoisotopic (exact) mass is 300 g/mol. The second kappa shape index (κ2) is 6.41. The normalized spacial score (nSPS) is 18.9. The minimum absolute atomic E-state index is 0.0705. The van der Waals surface area contributed by atoms with Gasteiger partial charge in [0, 0.05) is 32.0 Å². The predicted octanol–water partition coefficient (Wildman–Crippen LogP) is 0.484. The van der Waals surface area contributed by atoms with Crippen LogP contribution in [0.4, 0.5) is 5.69 Å². The van der Waals surface area contributed by atoms with Gasteiger partial charge in [0.05, 0.1) is 23.8 Å². The quantitative estimate of drug-likeness (QED) is 0.856. The van der Waals surface area contributed by atoms with E-state index in [0.29, 0.717) is 26.0 Å². The van der Waals surface area contributed by atoms with Crippen molar-refractivity contribution in [3.63, 3.8) is 0 Å². The third-order valence-corrected chi connectivity index (χ3v) is 5.16. The van der Waals surface area contributed by atoms with Gasteiger partial charge in [-0.3, -0.25) is 4.79 Å². The molecule has 0 bridgehead atoms. The van der Waals surface area contributed by atoms with Crippen molar-refractivity contribution in [2.75, 3.05) is 30.5 Å². The highest BCUT2D eigenvalue weighted by atomic mass is 32.2. The summed E-state index contributed by atoms with van der Waals surface area (Å²) in [7, 11) is -1.25. The van der Waals surface area contributed by atoms with Crippen molar-refractivity contribution in [3.8, 4) is 0 Å². The zero-order valence-corrected chi connectivity index (χ0v) is 12.4. The Bertz CT molecular complexity index is 595. The lowest BCUT2D eigenvalue weighted by molar-refractivity contribution is 0.186. The number of hydrogen-bond donors (Lipinski definition) is 1. The molecule has 0 spiro atoms. The molecule has 1 fully saturated rings. The van der Waals surface area contributed by atoms with E-state index in [1.165, 1.54) is 6.07 Å². The minimum atomic E-state index is -2.85. The summed E-state index contributed by atoms with van der Waals surface area (Å²) in [6, 6.07) is 3.39. The average Bonchev–Trinajstić information content (AvgIpc) is 2.42. The molecule has 1 aromatic heterocycles. The number of nitrogens with one attached hydrogen (secondary N) is 1. The highest BCUT2D eigenvalue weighted by molar-refractivity contribution is 7.91. The van der Waals surface area contributed by atoms with Crippen molar-refractivity contribution >= 4 is 15.5 Å². The molecule has 0 amide bonds. The Labute approximate surface area is 118 Å². The maximum absolute atomic E-state index is 11.7. The smallest absolute Gasteiger partial charge is 0.250 e. The van der Waals surface area contributed by atoms with E-state index in [0.717, 1.165) is 5.69 Å². The third-order valence-electron chi connectivity index (χ3n) is 3.45. The van der Waals surface area contributed by atoms with Gasteiger partial charge in [0.25, 0.3) is 5.56 Å². The Balaban J connectivity index is 2.01. The first kappa shape index (κ1) is 15.1. The minimum Gasteiger partial charge on any atom is -0.383 e. The van der Waals surface area contributed by atoms with E-state index in [1.807, 2.05) is 0 Å². The van der Waals surface area contributed by atoms with Crippen LogP contribution in [0.25, 0.3) is 0 Å². The molecule has 0 saturated carbocycles. The van der Waals surface area contributed by atoms with Crippen LogP contribution >= 0.6 is 0 Å². The van der Waals surface area contributed by atoms with Gasteiger partial charge in [0.15, 0.2) is 0 Å². The van der Waals surface area contributed by atoms with E-state index in [2.05, 4.69) is 5.32 Å². The molecule has 0 aromatic carbocycles. The van der Waals surface area contributed by atoms with Crippen LogP contribution < -0.4 is 10.9 Å². The second-order valence-corrected chi connectivity index (χ2v) is 7.32. The molecule has 2 rings (SSSR count). The number of rotatable bonds is 5. The van der Waals surface area contributed by atoms with Crippen molar-refractivity contribution in [1.29, 1.82) is 0 Å². The second-order valence-electron chi connectivity index (χ2n) is 5.01. The van der Waals surface area contributed by atoms with Gasteiger partial charge in [-0.05, 0) is 18.9 Å². The molecule has 1 aliphatic rings. The van der Waals surface area contributed by atoms with E-state index in [9.17, 15) is 13.2 Å². The van der Waals surface area contributed by atoms with E-state index < -0.39 is 9.84 Å². The number of aromatic nitrogens is 1. The molecule has 20 heavy (non-hydrogen) atoms. The molecule has 7 heteroatoms. The van der Waals surface area contributed by atoms with Crippen LogP contribution in [-0.2, 0) is 21.1 Å². The van der Waals surface area contributed by atoms with Crippen LogP contribution in [0.1, 0.15) is 12.8 Å². The molecule has 112 valence electrons. The fourth-order valence-electron chi connectivity index (χ4n) is 2.25. The summed E-state index contributed by atoms with van der Waals surface area (Å²) in [5.74, 6) is 0.460. The van der Waals surface area contributed by atoms with Crippen molar-refractivity contribution < 1.29 is 13.2 Å². The van der Waals surface area contributed by atoms with Gasteiger partial charge in [-0.1, -0.05) is 0 Å². The molecule has 6 nitrogen and oxygen atoms in total. The number of pyridine rings is 1. The van der Waals surface area contributed by atoms with Gasteiger partial charge >= 0.3 is 0 Å². The zero-order valence-electron chi connectivity index (χ0n) is 11.5. The summed E-state index contributed by atoms with van der Waals surface area (Å²) >= 11 is 0. The van der Waals surface area contributed by atoms with Crippen molar-refractivity contribution in [2.24, 2.45) is 0 Å². The van der Waals surface area contributed by atoms with Crippen molar-refractivity contribution in [1.82, 2.24) is 4.57 Å². The van der Waals surface area contributed by atoms with Crippen LogP contribution in [0, 0.1) is 0 Å². The molecule has 1 saturated heterocycles. The molecule has 0 radical (unpaired) electrons. The first-order valence-electron chi connectivity index (χ1n) is 6.66. The summed E-state index contributed by atoms with van der Waals surface area (Å²) in [4.78, 5) is 11.7. The molecule has 1 N–H and O–H groups in total. The fraction of sp³-hybridized carbons (Fsp3) is 0.615. The Morgan fingerprint density at radius 1 is 1.35 bits per heavy atom. The Morgan fingerprint density at radius 3 is 2.70 bits per heavy atom. The van der Waals surface area contributed by atoms with Crippen LogP contribution in [0.3, 0.4) is 0 Å². The summed E-state index contributed by atoms with van der Waals surface area (Å²) in [6.07, 6.45) is 2.98. The molecular formula is C13H20N2O4S. The van der Waals surface area contributed by atoms with Gasteiger partial charge in [0.1, 0.15) is 9.84 Å². The summed E-state index contributed by atoms with van der Waals surface area (Å²) < 4.78 is 29.3. The Hall–Kier alpha value is -1.34. The Morgan fingerprint density at radius 2 is 2.05 bits per heavy atom. The summed E-state index contributed by atoms with van der Waals surface area (Å²) in [6.45, 7) is 0.981. The molecule has 1 aliphatic heterocycles. The SMILES string of the molecule is COCCn1cc(NC2CCS(=O)(=O)CC2)ccc1=O. The van der Waals surface area contributed by atoms with Gasteiger partial charge in [-0.15, -0.1) is 0 Å². The van der Waals surface area contributed by atoms with E-state index in [4.69, 9.17) is 4.74 Å². The number of hydrogen-bond acceptors (Lipinski definition) is 5. The molecule has 0 unspecified atom stereocenters. The highest BCUT2D eigenvalue weighted by Crippen LogP contribution is 2.17. The summed E-state index contributed by atoms with van der Waals surface area (Å²) in [5.41, 5.74) is 0.767. The van der Waals surface area contributed by atoms with Gasteiger partial charge in [-0.25, -0.2) is 8.42 Å². The number of sulfone groups is 1. The Kier molecular flexibility index (Phi) is 4.82. The first-order valence-corrected chi connectivity index (χ1v) is 8.49. The zero-order chi connectivity index (χ0) is 14.6. The number of methoxy groups -OCH3 is 1. The molecular weight excluding hydrogens is 280 g/mol. The number of anilines is 1. The summed E-state index contributed by atoms with van der Waals surface area (Å²) in [5, 5.41) is 3.30. The molecule has 0 aliphatic carbocycles. The lowest BCUT2D eigenvalue weighted by Crippen LogP contribution is -2.32. The van der Waals surface area contributed by atoms with Crippen molar-refractivity contribution in [3.05, 3.63) is 28.7 Å². The van der Waals surface area contributed by atoms with Crippen LogP contribution in [0.15, 0.2) is 23.1 Å². The molecule has 2 heterocycles. The maximum Gasteiger partial charge on any atom is 0.250 e. The lowest BCUT2D eigenvalue weighted by Gasteiger charge is -2.24. The van der Waals surface area contributed by atoms with Crippen LogP contribution in [0.2, 0.25) is 0 Å². The van der Waals surface area contributed by atoms with E-state index >= 15 is 0 Å². The van der Waals surface area contributed by atoms with Crippen molar-refractivity contribution in [2.45, 2.75) is 25.4 Å². The number of nitrogens with zero attached hydrogens (tertiary/aromatic N) is 1. The van der Waals surface area contributed by atoms with Gasteiger partial charge < -0.3 is 14.6 Å². The van der Waals surface area contributed by atoms with Gasteiger partial charge in [-0.2, -0.15) is 0 Å². The third kappa shape index (κ3) is 4.08. The first-order chi connectivity index (χ1) is 9.50. The van der Waals surface area contributed by atoms with Crippen LogP contribution in [-0.4, -0.2) is 44.2 Å². The average molecular weight is 300 g/mol. The topological polar surface area (TPSA) is 77.4 Å². The molecule has 1 aromatic rings.